The molecular formula is C13H18BFO3. The van der Waals surface area contributed by atoms with E-state index in [9.17, 15) is 4.39 Å². The van der Waals surface area contributed by atoms with Crippen molar-refractivity contribution in [1.82, 2.24) is 0 Å². The second kappa shape index (κ2) is 4.25. The Bertz CT molecular complexity index is 444. The molecule has 0 atom stereocenters. The van der Waals surface area contributed by atoms with Crippen molar-refractivity contribution in [3.8, 4) is 5.75 Å². The van der Waals surface area contributed by atoms with Crippen molar-refractivity contribution in [2.24, 2.45) is 0 Å². The van der Waals surface area contributed by atoms with Crippen LogP contribution in [0.3, 0.4) is 0 Å². The summed E-state index contributed by atoms with van der Waals surface area (Å²) in [4.78, 5) is 0. The maximum Gasteiger partial charge on any atom is 0.497 e. The Kier molecular flexibility index (Phi) is 3.15. The molecule has 1 saturated heterocycles. The quantitative estimate of drug-likeness (QED) is 0.754. The molecule has 0 N–H and O–H groups in total. The van der Waals surface area contributed by atoms with E-state index in [0.29, 0.717) is 11.2 Å². The van der Waals surface area contributed by atoms with E-state index in [4.69, 9.17) is 14.0 Å². The smallest absolute Gasteiger partial charge is 0.497 e. The molecule has 3 nitrogen and oxygen atoms in total. The summed E-state index contributed by atoms with van der Waals surface area (Å²) in [6, 6.07) is 4.67. The van der Waals surface area contributed by atoms with Gasteiger partial charge >= 0.3 is 7.12 Å². The third-order valence-electron chi connectivity index (χ3n) is 3.71. The van der Waals surface area contributed by atoms with Gasteiger partial charge in [-0.1, -0.05) is 6.07 Å². The fraction of sp³-hybridized carbons (Fsp3) is 0.538. The van der Waals surface area contributed by atoms with Gasteiger partial charge in [0.1, 0.15) is 11.6 Å². The second-order valence-electron chi connectivity index (χ2n) is 5.48. The minimum atomic E-state index is -0.680. The Morgan fingerprint density at radius 2 is 1.67 bits per heavy atom. The maximum atomic E-state index is 14.0. The highest BCUT2D eigenvalue weighted by molar-refractivity contribution is 6.62. The molecule has 1 fully saturated rings. The summed E-state index contributed by atoms with van der Waals surface area (Å²) in [5.74, 6) is 0.0978. The van der Waals surface area contributed by atoms with Crippen LogP contribution in [0.25, 0.3) is 0 Å². The first-order valence-electron chi connectivity index (χ1n) is 5.96. The number of hydrogen-bond donors (Lipinski definition) is 0. The minimum absolute atomic E-state index is 0.382. The van der Waals surface area contributed by atoms with Crippen molar-refractivity contribution < 1.29 is 18.4 Å². The van der Waals surface area contributed by atoms with E-state index >= 15 is 0 Å². The van der Waals surface area contributed by atoms with Gasteiger partial charge < -0.3 is 14.0 Å². The monoisotopic (exact) mass is 252 g/mol. The summed E-state index contributed by atoms with van der Waals surface area (Å²) in [5, 5.41) is 0. The Morgan fingerprint density at radius 3 is 2.11 bits per heavy atom. The molecule has 0 radical (unpaired) electrons. The van der Waals surface area contributed by atoms with Crippen LogP contribution in [0.15, 0.2) is 18.2 Å². The molecule has 0 bridgehead atoms. The third kappa shape index (κ3) is 2.13. The van der Waals surface area contributed by atoms with Gasteiger partial charge in [0.05, 0.1) is 18.3 Å². The van der Waals surface area contributed by atoms with Gasteiger partial charge in [-0.2, -0.15) is 0 Å². The van der Waals surface area contributed by atoms with Crippen molar-refractivity contribution in [2.45, 2.75) is 38.9 Å². The van der Waals surface area contributed by atoms with Crippen molar-refractivity contribution in [3.05, 3.63) is 24.0 Å². The summed E-state index contributed by atoms with van der Waals surface area (Å²) >= 11 is 0. The molecule has 1 aliphatic rings. The van der Waals surface area contributed by atoms with Crippen LogP contribution in [0.2, 0.25) is 0 Å². The first-order chi connectivity index (χ1) is 8.27. The average Bonchev–Trinajstić information content (AvgIpc) is 2.47. The van der Waals surface area contributed by atoms with E-state index in [-0.39, 0.29) is 5.82 Å². The average molecular weight is 252 g/mol. The molecule has 0 spiro atoms. The summed E-state index contributed by atoms with van der Waals surface area (Å²) in [7, 11) is 0.823. The van der Waals surface area contributed by atoms with Crippen LogP contribution in [-0.2, 0) is 9.31 Å². The third-order valence-corrected chi connectivity index (χ3v) is 3.71. The normalized spacial score (nSPS) is 21.1. The number of rotatable bonds is 2. The number of methoxy groups -OCH3 is 1. The highest BCUT2D eigenvalue weighted by Gasteiger charge is 2.52. The lowest BCUT2D eigenvalue weighted by molar-refractivity contribution is 0.00578. The molecule has 0 unspecified atom stereocenters. The highest BCUT2D eigenvalue weighted by atomic mass is 19.1. The largest absolute Gasteiger partial charge is 0.497 e. The number of hydrogen-bond acceptors (Lipinski definition) is 3. The van der Waals surface area contributed by atoms with Gasteiger partial charge in [0.15, 0.2) is 0 Å². The first-order valence-corrected chi connectivity index (χ1v) is 5.96. The number of ether oxygens (including phenoxy) is 1. The van der Waals surface area contributed by atoms with Crippen molar-refractivity contribution in [1.29, 1.82) is 0 Å². The van der Waals surface area contributed by atoms with E-state index < -0.39 is 18.3 Å². The number of halogens is 1. The van der Waals surface area contributed by atoms with Gasteiger partial charge in [0, 0.05) is 11.5 Å². The van der Waals surface area contributed by atoms with E-state index in [0.717, 1.165) is 0 Å². The first kappa shape index (κ1) is 13.4. The Labute approximate surface area is 107 Å². The molecule has 1 aromatic carbocycles. The zero-order valence-corrected chi connectivity index (χ0v) is 11.4. The molecule has 18 heavy (non-hydrogen) atoms. The van der Waals surface area contributed by atoms with E-state index in [2.05, 4.69) is 0 Å². The molecule has 0 amide bonds. The SMILES string of the molecule is COc1ccc(B2OC(C)(C)C(C)(C)O2)c(F)c1. The molecule has 5 heteroatoms. The summed E-state index contributed by atoms with van der Waals surface area (Å²) in [5.41, 5.74) is -0.539. The van der Waals surface area contributed by atoms with Crippen LogP contribution >= 0.6 is 0 Å². The molecule has 98 valence electrons. The zero-order valence-electron chi connectivity index (χ0n) is 11.4. The predicted octanol–water partition coefficient (Wildman–Crippen LogP) is 2.13. The van der Waals surface area contributed by atoms with Crippen LogP contribution in [0.4, 0.5) is 4.39 Å². The maximum absolute atomic E-state index is 14.0. The van der Waals surface area contributed by atoms with E-state index in [1.165, 1.54) is 13.2 Å². The van der Waals surface area contributed by atoms with Crippen LogP contribution in [0, 0.1) is 5.82 Å². The summed E-state index contributed by atoms with van der Waals surface area (Å²) < 4.78 is 30.5. The van der Waals surface area contributed by atoms with E-state index in [1.54, 1.807) is 12.1 Å². The molecule has 1 aliphatic heterocycles. The second-order valence-corrected chi connectivity index (χ2v) is 5.48. The zero-order chi connectivity index (χ0) is 13.6. The highest BCUT2D eigenvalue weighted by Crippen LogP contribution is 2.36. The Balaban J connectivity index is 2.30. The van der Waals surface area contributed by atoms with Gasteiger partial charge in [-0.3, -0.25) is 0 Å². The molecular weight excluding hydrogens is 234 g/mol. The minimum Gasteiger partial charge on any atom is -0.497 e. The molecule has 2 rings (SSSR count). The van der Waals surface area contributed by atoms with Gasteiger partial charge in [-0.25, -0.2) is 4.39 Å². The summed E-state index contributed by atoms with van der Waals surface area (Å²) in [6.07, 6.45) is 0. The molecule has 1 heterocycles. The van der Waals surface area contributed by atoms with E-state index in [1.807, 2.05) is 27.7 Å². The van der Waals surface area contributed by atoms with Gasteiger partial charge in [0.2, 0.25) is 0 Å². The summed E-state index contributed by atoms with van der Waals surface area (Å²) in [6.45, 7) is 7.76. The lowest BCUT2D eigenvalue weighted by atomic mass is 9.78. The van der Waals surface area contributed by atoms with Crippen LogP contribution < -0.4 is 10.2 Å². The standard InChI is InChI=1S/C13H18BFO3/c1-12(2)13(3,4)18-14(17-12)10-7-6-9(16-5)8-11(10)15/h6-8H,1-5H3. The lowest BCUT2D eigenvalue weighted by Gasteiger charge is -2.32. The van der Waals surface area contributed by atoms with Crippen LogP contribution in [-0.4, -0.2) is 25.4 Å². The fourth-order valence-electron chi connectivity index (χ4n) is 1.80. The fourth-order valence-corrected chi connectivity index (χ4v) is 1.80. The van der Waals surface area contributed by atoms with Gasteiger partial charge in [-0.15, -0.1) is 0 Å². The van der Waals surface area contributed by atoms with Crippen LogP contribution in [0.1, 0.15) is 27.7 Å². The molecule has 1 aromatic rings. The molecule has 0 saturated carbocycles. The van der Waals surface area contributed by atoms with Crippen molar-refractivity contribution in [3.63, 3.8) is 0 Å². The number of benzene rings is 1. The Morgan fingerprint density at radius 1 is 1.11 bits per heavy atom. The molecule has 0 aliphatic carbocycles. The lowest BCUT2D eigenvalue weighted by Crippen LogP contribution is -2.41. The van der Waals surface area contributed by atoms with Crippen molar-refractivity contribution in [2.75, 3.05) is 7.11 Å². The predicted molar refractivity (Wildman–Crippen MR) is 68.7 cm³/mol. The topological polar surface area (TPSA) is 27.7 Å². The van der Waals surface area contributed by atoms with Gasteiger partial charge in [0.25, 0.3) is 0 Å². The van der Waals surface area contributed by atoms with Gasteiger partial charge in [-0.05, 0) is 33.8 Å². The van der Waals surface area contributed by atoms with Crippen LogP contribution in [0.5, 0.6) is 5.75 Å². The van der Waals surface area contributed by atoms with Crippen molar-refractivity contribution >= 4 is 12.6 Å². The molecule has 0 aromatic heterocycles. The Hall–Kier alpha value is -1.07.